The van der Waals surface area contributed by atoms with Crippen molar-refractivity contribution in [2.75, 3.05) is 17.8 Å². The summed E-state index contributed by atoms with van der Waals surface area (Å²) in [6, 6.07) is 14.6. The second kappa shape index (κ2) is 9.57. The van der Waals surface area contributed by atoms with Crippen LogP contribution in [0.25, 0.3) is 0 Å². The number of amides is 1. The molecular weight excluding hydrogens is 456 g/mol. The van der Waals surface area contributed by atoms with Gasteiger partial charge in [0.2, 0.25) is 0 Å². The molecule has 0 atom stereocenters. The van der Waals surface area contributed by atoms with Crippen molar-refractivity contribution in [3.05, 3.63) is 75.5 Å². The lowest BCUT2D eigenvalue weighted by atomic mass is 10.1. The molecule has 8 heteroatoms. The molecule has 1 fully saturated rings. The summed E-state index contributed by atoms with van der Waals surface area (Å²) in [5.74, 6) is 0.593. The fraction of sp³-hybridized carbons (Fsp3) is 0.320. The summed E-state index contributed by atoms with van der Waals surface area (Å²) < 4.78 is 34.6. The van der Waals surface area contributed by atoms with Crippen molar-refractivity contribution in [2.45, 2.75) is 44.6 Å². The number of likely N-dealkylation sites (tertiary alicyclic amines) is 1. The Bertz CT molecular complexity index is 1240. The molecule has 33 heavy (non-hydrogen) atoms. The third-order valence-electron chi connectivity index (χ3n) is 5.93. The number of piperidine rings is 1. The van der Waals surface area contributed by atoms with Crippen LogP contribution >= 0.6 is 11.3 Å². The molecule has 1 saturated heterocycles. The van der Waals surface area contributed by atoms with Crippen LogP contribution < -0.4 is 9.46 Å². The first-order chi connectivity index (χ1) is 15.7. The van der Waals surface area contributed by atoms with Crippen LogP contribution in [0.1, 0.15) is 39.2 Å². The van der Waals surface area contributed by atoms with E-state index < -0.39 is 10.0 Å². The summed E-state index contributed by atoms with van der Waals surface area (Å²) in [4.78, 5) is 15.2. The number of anilines is 1. The lowest BCUT2D eigenvalue weighted by Gasteiger charge is -2.32. The van der Waals surface area contributed by atoms with Gasteiger partial charge in [-0.3, -0.25) is 9.52 Å². The molecule has 4 rings (SSSR count). The summed E-state index contributed by atoms with van der Waals surface area (Å²) >= 11 is 1.16. The molecular formula is C25H28N2O4S2. The summed E-state index contributed by atoms with van der Waals surface area (Å²) in [5.41, 5.74) is 3.91. The number of nitrogens with zero attached hydrogens (tertiary/aromatic N) is 1. The molecule has 2 aromatic carbocycles. The zero-order valence-corrected chi connectivity index (χ0v) is 20.6. The van der Waals surface area contributed by atoms with Gasteiger partial charge in [0, 0.05) is 31.6 Å². The van der Waals surface area contributed by atoms with Crippen molar-refractivity contribution in [2.24, 2.45) is 0 Å². The fourth-order valence-electron chi connectivity index (χ4n) is 3.80. The molecule has 174 valence electrons. The van der Waals surface area contributed by atoms with E-state index in [1.165, 1.54) is 17.2 Å². The summed E-state index contributed by atoms with van der Waals surface area (Å²) in [6.07, 6.45) is 1.44. The standard InChI is InChI=1S/C25H28N2O4S2/c1-17-4-7-20(8-5-17)26-33(29,30)23-12-15-32-24(23)25(28)27-13-10-21(11-14-27)31-22-9-6-18(2)19(3)16-22/h4-9,12,15-16,21,26H,10-11,13-14H2,1-3H3. The predicted molar refractivity (Wildman–Crippen MR) is 132 cm³/mol. The largest absolute Gasteiger partial charge is 0.490 e. The summed E-state index contributed by atoms with van der Waals surface area (Å²) in [5, 5.41) is 1.65. The van der Waals surface area contributed by atoms with Crippen molar-refractivity contribution in [3.8, 4) is 5.75 Å². The molecule has 1 amide bonds. The van der Waals surface area contributed by atoms with Crippen LogP contribution in [-0.4, -0.2) is 38.4 Å². The lowest BCUT2D eigenvalue weighted by Crippen LogP contribution is -2.42. The van der Waals surface area contributed by atoms with Gasteiger partial charge in [0.25, 0.3) is 15.9 Å². The minimum Gasteiger partial charge on any atom is -0.490 e. The Labute approximate surface area is 199 Å². The summed E-state index contributed by atoms with van der Waals surface area (Å²) in [6.45, 7) is 7.11. The van der Waals surface area contributed by atoms with Crippen molar-refractivity contribution in [1.29, 1.82) is 0 Å². The van der Waals surface area contributed by atoms with E-state index in [1.807, 2.05) is 37.3 Å². The second-order valence-electron chi connectivity index (χ2n) is 8.44. The molecule has 0 bridgehead atoms. The first-order valence-corrected chi connectivity index (χ1v) is 13.3. The number of ether oxygens (including phenoxy) is 1. The van der Waals surface area contributed by atoms with Gasteiger partial charge in [-0.1, -0.05) is 23.8 Å². The van der Waals surface area contributed by atoms with E-state index in [9.17, 15) is 13.2 Å². The normalized spacial score (nSPS) is 14.8. The predicted octanol–water partition coefficient (Wildman–Crippen LogP) is 5.16. The van der Waals surface area contributed by atoms with E-state index in [2.05, 4.69) is 18.6 Å². The average Bonchev–Trinajstić information content (AvgIpc) is 3.29. The van der Waals surface area contributed by atoms with E-state index in [1.54, 1.807) is 22.4 Å². The second-order valence-corrected chi connectivity index (χ2v) is 11.0. The Morgan fingerprint density at radius 2 is 1.70 bits per heavy atom. The van der Waals surface area contributed by atoms with Crippen molar-refractivity contribution < 1.29 is 17.9 Å². The van der Waals surface area contributed by atoms with Gasteiger partial charge in [0.15, 0.2) is 0 Å². The van der Waals surface area contributed by atoms with Gasteiger partial charge in [-0.25, -0.2) is 8.42 Å². The highest BCUT2D eigenvalue weighted by atomic mass is 32.2. The minimum atomic E-state index is -3.87. The van der Waals surface area contributed by atoms with Gasteiger partial charge in [-0.05, 0) is 67.6 Å². The van der Waals surface area contributed by atoms with E-state index in [-0.39, 0.29) is 21.8 Å². The minimum absolute atomic E-state index is 0.0200. The van der Waals surface area contributed by atoms with Gasteiger partial charge < -0.3 is 9.64 Å². The van der Waals surface area contributed by atoms with Crippen LogP contribution in [0, 0.1) is 20.8 Å². The zero-order valence-electron chi connectivity index (χ0n) is 19.0. The van der Waals surface area contributed by atoms with Gasteiger partial charge in [-0.2, -0.15) is 0 Å². The smallest absolute Gasteiger partial charge is 0.265 e. The average molecular weight is 485 g/mol. The Balaban J connectivity index is 1.41. The maximum atomic E-state index is 13.2. The number of carbonyl (C=O) groups is 1. The Morgan fingerprint density at radius 3 is 2.36 bits per heavy atom. The van der Waals surface area contributed by atoms with E-state index >= 15 is 0 Å². The molecule has 2 heterocycles. The number of sulfonamides is 1. The lowest BCUT2D eigenvalue weighted by molar-refractivity contribution is 0.0597. The van der Waals surface area contributed by atoms with Gasteiger partial charge in [-0.15, -0.1) is 11.3 Å². The number of carbonyl (C=O) groups excluding carboxylic acids is 1. The van der Waals surface area contributed by atoms with Crippen LogP contribution in [0.15, 0.2) is 58.8 Å². The third kappa shape index (κ3) is 5.39. The SMILES string of the molecule is Cc1ccc(NS(=O)(=O)c2ccsc2C(=O)N2CCC(Oc3ccc(C)c(C)c3)CC2)cc1. The van der Waals surface area contributed by atoms with Gasteiger partial charge in [0.05, 0.1) is 0 Å². The summed E-state index contributed by atoms with van der Waals surface area (Å²) in [7, 11) is -3.87. The van der Waals surface area contributed by atoms with Crippen molar-refractivity contribution in [1.82, 2.24) is 4.90 Å². The van der Waals surface area contributed by atoms with E-state index in [4.69, 9.17) is 4.74 Å². The molecule has 0 spiro atoms. The first-order valence-electron chi connectivity index (χ1n) is 10.9. The first kappa shape index (κ1) is 23.3. The number of thiophene rings is 1. The van der Waals surface area contributed by atoms with Crippen molar-refractivity contribution in [3.63, 3.8) is 0 Å². The molecule has 1 aromatic heterocycles. The number of rotatable bonds is 6. The molecule has 1 aliphatic rings. The Morgan fingerprint density at radius 1 is 1.00 bits per heavy atom. The molecule has 3 aromatic rings. The highest BCUT2D eigenvalue weighted by Crippen LogP contribution is 2.28. The molecule has 1 aliphatic heterocycles. The maximum Gasteiger partial charge on any atom is 0.265 e. The monoisotopic (exact) mass is 484 g/mol. The highest BCUT2D eigenvalue weighted by molar-refractivity contribution is 7.93. The number of benzene rings is 2. The van der Waals surface area contributed by atoms with Crippen molar-refractivity contribution >= 4 is 33.0 Å². The maximum absolute atomic E-state index is 13.2. The van der Waals surface area contributed by atoms with Crippen LogP contribution in [0.3, 0.4) is 0 Å². The zero-order chi connectivity index (χ0) is 23.6. The molecule has 0 saturated carbocycles. The Hall–Kier alpha value is -2.84. The third-order valence-corrected chi connectivity index (χ3v) is 8.38. The molecule has 0 aliphatic carbocycles. The molecule has 0 unspecified atom stereocenters. The highest BCUT2D eigenvalue weighted by Gasteiger charge is 2.30. The topological polar surface area (TPSA) is 75.7 Å². The van der Waals surface area contributed by atoms with Crippen LogP contribution in [0.4, 0.5) is 5.69 Å². The molecule has 1 N–H and O–H groups in total. The molecule has 6 nitrogen and oxygen atoms in total. The number of aryl methyl sites for hydroxylation is 3. The van der Waals surface area contributed by atoms with Crippen LogP contribution in [0.5, 0.6) is 5.75 Å². The van der Waals surface area contributed by atoms with Gasteiger partial charge in [0.1, 0.15) is 21.6 Å². The quantitative estimate of drug-likeness (QED) is 0.525. The number of hydrogen-bond donors (Lipinski definition) is 1. The fourth-order valence-corrected chi connectivity index (χ4v) is 6.25. The molecule has 0 radical (unpaired) electrons. The van der Waals surface area contributed by atoms with Crippen LogP contribution in [-0.2, 0) is 10.0 Å². The number of hydrogen-bond acceptors (Lipinski definition) is 5. The van der Waals surface area contributed by atoms with E-state index in [0.717, 1.165) is 22.6 Å². The van der Waals surface area contributed by atoms with Gasteiger partial charge >= 0.3 is 0 Å². The Kier molecular flexibility index (Phi) is 6.76. The van der Waals surface area contributed by atoms with Crippen LogP contribution in [0.2, 0.25) is 0 Å². The van der Waals surface area contributed by atoms with E-state index in [0.29, 0.717) is 31.6 Å². The number of nitrogens with one attached hydrogen (secondary N) is 1.